The van der Waals surface area contributed by atoms with E-state index in [9.17, 15) is 0 Å². The van der Waals surface area contributed by atoms with Crippen LogP contribution < -0.4 is 5.43 Å². The van der Waals surface area contributed by atoms with Crippen LogP contribution in [-0.2, 0) is 6.42 Å². The maximum atomic E-state index is 4.31. The topological polar surface area (TPSA) is 58.5 Å². The molecule has 1 aliphatic rings. The number of nitrogens with zero attached hydrogens (tertiary/aromatic N) is 3. The van der Waals surface area contributed by atoms with Crippen molar-refractivity contribution in [1.82, 2.24) is 19.9 Å². The second-order valence-electron chi connectivity index (χ2n) is 6.04. The fraction of sp³-hybridized carbons (Fsp3) is 0.158. The Balaban J connectivity index is 1.67. The number of hydrogen-bond donors (Lipinski definition) is 2. The van der Waals surface area contributed by atoms with E-state index in [0.717, 1.165) is 28.6 Å². The van der Waals surface area contributed by atoms with Gasteiger partial charge >= 0.3 is 0 Å². The van der Waals surface area contributed by atoms with Crippen molar-refractivity contribution in [2.75, 3.05) is 5.43 Å². The second kappa shape index (κ2) is 5.67. The lowest BCUT2D eigenvalue weighted by molar-refractivity contribution is 0.741. The number of para-hydroxylation sites is 1. The molecule has 3 heterocycles. The number of benzene rings is 2. The van der Waals surface area contributed by atoms with Gasteiger partial charge in [0.05, 0.1) is 5.69 Å². The van der Waals surface area contributed by atoms with Crippen molar-refractivity contribution < 1.29 is 0 Å². The lowest BCUT2D eigenvalue weighted by atomic mass is 10.1. The maximum Gasteiger partial charge on any atom is 0.212 e. The summed E-state index contributed by atoms with van der Waals surface area (Å²) in [6, 6.07) is 18.9. The van der Waals surface area contributed by atoms with Gasteiger partial charge < -0.3 is 10.4 Å². The molecule has 124 valence electrons. The van der Waals surface area contributed by atoms with E-state index < -0.39 is 0 Å². The number of aromatic nitrogens is 4. The predicted molar refractivity (Wildman–Crippen MR) is 101 cm³/mol. The zero-order chi connectivity index (χ0) is 16.8. The zero-order valence-electron chi connectivity index (χ0n) is 13.7. The number of hydrogen-bond acceptors (Lipinski definition) is 4. The standard InChI is InChI=1S/C19H17N5S/c1-2-15-21-22-19-24(15)23-18(25-19)16-13-10-6-7-11-14(13)20-17(16)12-8-4-3-5-9-12/h3-11,18,20,23H,2H2,1H3. The Labute approximate surface area is 149 Å². The molecule has 5 rings (SSSR count). The van der Waals surface area contributed by atoms with Gasteiger partial charge in [-0.25, -0.2) is 4.68 Å². The van der Waals surface area contributed by atoms with Gasteiger partial charge in [0.15, 0.2) is 5.82 Å². The third-order valence-corrected chi connectivity index (χ3v) is 5.61. The van der Waals surface area contributed by atoms with Crippen LogP contribution in [0.15, 0.2) is 59.8 Å². The van der Waals surface area contributed by atoms with Crippen molar-refractivity contribution in [3.8, 4) is 11.3 Å². The second-order valence-corrected chi connectivity index (χ2v) is 7.11. The molecule has 5 nitrogen and oxygen atoms in total. The van der Waals surface area contributed by atoms with Crippen molar-refractivity contribution >= 4 is 22.7 Å². The van der Waals surface area contributed by atoms with Crippen LogP contribution in [0.1, 0.15) is 23.7 Å². The van der Waals surface area contributed by atoms with Crippen LogP contribution in [-0.4, -0.2) is 19.9 Å². The van der Waals surface area contributed by atoms with E-state index in [1.807, 2.05) is 10.7 Å². The summed E-state index contributed by atoms with van der Waals surface area (Å²) in [5.74, 6) is 0.964. The summed E-state index contributed by atoms with van der Waals surface area (Å²) in [7, 11) is 0. The molecule has 0 aliphatic carbocycles. The largest absolute Gasteiger partial charge is 0.354 e. The fourth-order valence-corrected chi connectivity index (χ4v) is 4.46. The van der Waals surface area contributed by atoms with Crippen LogP contribution in [0.3, 0.4) is 0 Å². The van der Waals surface area contributed by atoms with Gasteiger partial charge in [0, 0.05) is 22.9 Å². The minimum Gasteiger partial charge on any atom is -0.354 e. The van der Waals surface area contributed by atoms with Crippen molar-refractivity contribution in [1.29, 1.82) is 0 Å². The van der Waals surface area contributed by atoms with Crippen molar-refractivity contribution in [2.24, 2.45) is 0 Å². The first-order valence-electron chi connectivity index (χ1n) is 8.38. The summed E-state index contributed by atoms with van der Waals surface area (Å²) in [6.45, 7) is 2.10. The Morgan fingerprint density at radius 3 is 2.68 bits per heavy atom. The summed E-state index contributed by atoms with van der Waals surface area (Å²) in [5, 5.41) is 10.8. The number of aromatic amines is 1. The summed E-state index contributed by atoms with van der Waals surface area (Å²) < 4.78 is 2.02. The number of fused-ring (bicyclic) bond motifs is 2. The van der Waals surface area contributed by atoms with Crippen LogP contribution in [0.25, 0.3) is 22.2 Å². The maximum absolute atomic E-state index is 4.31. The highest BCUT2D eigenvalue weighted by molar-refractivity contribution is 7.99. The molecule has 0 fully saturated rings. The molecule has 2 aromatic carbocycles. The van der Waals surface area contributed by atoms with Gasteiger partial charge in [-0.15, -0.1) is 10.2 Å². The van der Waals surface area contributed by atoms with E-state index in [1.165, 1.54) is 16.5 Å². The first-order valence-corrected chi connectivity index (χ1v) is 9.26. The molecular formula is C19H17N5S. The molecule has 1 aliphatic heterocycles. The molecule has 25 heavy (non-hydrogen) atoms. The number of H-pyrrole nitrogens is 1. The lowest BCUT2D eigenvalue weighted by Crippen LogP contribution is -2.15. The van der Waals surface area contributed by atoms with Crippen LogP contribution >= 0.6 is 11.8 Å². The van der Waals surface area contributed by atoms with E-state index in [0.29, 0.717) is 0 Å². The van der Waals surface area contributed by atoms with Crippen molar-refractivity contribution in [3.63, 3.8) is 0 Å². The predicted octanol–water partition coefficient (Wildman–Crippen LogP) is 4.34. The van der Waals surface area contributed by atoms with Gasteiger partial charge in [0.25, 0.3) is 0 Å². The van der Waals surface area contributed by atoms with E-state index >= 15 is 0 Å². The third kappa shape index (κ3) is 2.25. The number of nitrogens with one attached hydrogen (secondary N) is 2. The van der Waals surface area contributed by atoms with E-state index in [-0.39, 0.29) is 5.37 Å². The molecular weight excluding hydrogens is 330 g/mol. The minimum absolute atomic E-state index is 0.0992. The van der Waals surface area contributed by atoms with E-state index in [1.54, 1.807) is 11.8 Å². The smallest absolute Gasteiger partial charge is 0.212 e. The van der Waals surface area contributed by atoms with Crippen LogP contribution in [0.4, 0.5) is 0 Å². The monoisotopic (exact) mass is 347 g/mol. The molecule has 6 heteroatoms. The van der Waals surface area contributed by atoms with E-state index in [4.69, 9.17) is 0 Å². The molecule has 0 amide bonds. The van der Waals surface area contributed by atoms with Gasteiger partial charge in [-0.3, -0.25) is 0 Å². The number of aryl methyl sites for hydroxylation is 1. The van der Waals surface area contributed by atoms with E-state index in [2.05, 4.69) is 76.1 Å². The summed E-state index contributed by atoms with van der Waals surface area (Å²) in [5.41, 5.74) is 8.33. The SMILES string of the molecule is CCc1nnc2n1NC(c1c(-c3ccccc3)[nH]c3ccccc13)S2. The van der Waals surface area contributed by atoms with Gasteiger partial charge in [0.2, 0.25) is 5.16 Å². The number of thioether (sulfide) groups is 1. The number of rotatable bonds is 3. The average Bonchev–Trinajstić information content (AvgIpc) is 3.33. The Bertz CT molecular complexity index is 1050. The minimum atomic E-state index is 0.0992. The molecule has 0 bridgehead atoms. The molecule has 2 N–H and O–H groups in total. The summed E-state index contributed by atoms with van der Waals surface area (Å²) in [4.78, 5) is 3.61. The Hall–Kier alpha value is -2.73. The quantitative estimate of drug-likeness (QED) is 0.579. The summed E-state index contributed by atoms with van der Waals surface area (Å²) >= 11 is 1.71. The van der Waals surface area contributed by atoms with Gasteiger partial charge in [-0.2, -0.15) is 0 Å². The first kappa shape index (κ1) is 14.6. The summed E-state index contributed by atoms with van der Waals surface area (Å²) in [6.07, 6.45) is 0.854. The normalized spacial score (nSPS) is 16.1. The Kier molecular flexibility index (Phi) is 3.31. The molecule has 0 saturated heterocycles. The zero-order valence-corrected chi connectivity index (χ0v) is 14.5. The molecule has 0 saturated carbocycles. The first-order chi connectivity index (χ1) is 12.3. The molecule has 1 atom stereocenters. The van der Waals surface area contributed by atoms with Gasteiger partial charge in [-0.05, 0) is 11.6 Å². The highest BCUT2D eigenvalue weighted by atomic mass is 32.2. The third-order valence-electron chi connectivity index (χ3n) is 4.56. The molecule has 2 aromatic heterocycles. The molecule has 0 spiro atoms. The molecule has 1 unspecified atom stereocenters. The highest BCUT2D eigenvalue weighted by Crippen LogP contribution is 2.45. The van der Waals surface area contributed by atoms with Gasteiger partial charge in [0.1, 0.15) is 5.37 Å². The van der Waals surface area contributed by atoms with Gasteiger partial charge in [-0.1, -0.05) is 67.2 Å². The van der Waals surface area contributed by atoms with Crippen molar-refractivity contribution in [2.45, 2.75) is 23.9 Å². The fourth-order valence-electron chi connectivity index (χ4n) is 3.38. The molecule has 0 radical (unpaired) electrons. The van der Waals surface area contributed by atoms with Crippen LogP contribution in [0.2, 0.25) is 0 Å². The average molecular weight is 347 g/mol. The van der Waals surface area contributed by atoms with Crippen LogP contribution in [0.5, 0.6) is 0 Å². The lowest BCUT2D eigenvalue weighted by Gasteiger charge is -2.14. The Morgan fingerprint density at radius 2 is 1.84 bits per heavy atom. The Morgan fingerprint density at radius 1 is 1.04 bits per heavy atom. The van der Waals surface area contributed by atoms with Crippen LogP contribution in [0, 0.1) is 0 Å². The highest BCUT2D eigenvalue weighted by Gasteiger charge is 2.31. The van der Waals surface area contributed by atoms with Crippen molar-refractivity contribution in [3.05, 3.63) is 66.0 Å². The molecule has 4 aromatic rings.